The van der Waals surface area contributed by atoms with Crippen LogP contribution >= 0.6 is 11.8 Å². The van der Waals surface area contributed by atoms with Gasteiger partial charge in [-0.15, -0.1) is 0 Å². The van der Waals surface area contributed by atoms with Gasteiger partial charge < -0.3 is 14.0 Å². The minimum Gasteiger partial charge on any atom is -0.463 e. The maximum absolute atomic E-state index is 10.7. The molecule has 2 atom stereocenters. The Morgan fingerprint density at radius 2 is 1.74 bits per heavy atom. The average Bonchev–Trinajstić information content (AvgIpc) is 3.61. The standard InChI is InChI=1S/C15H13NS.C7H12O3/c1-3-7-14-12(5-1)13-6-2-4-8-15(13)16(14)9-11-10-17-11;1-2-3-7(8)10-5-6-4-9-6/h1-8,11H,9-10H2;6H,2-5H2,1H3. The number of hydrogen-bond acceptors (Lipinski definition) is 4. The second-order valence-corrected chi connectivity index (χ2v) is 8.32. The smallest absolute Gasteiger partial charge is 0.305 e. The van der Waals surface area contributed by atoms with Gasteiger partial charge in [0.2, 0.25) is 0 Å². The van der Waals surface area contributed by atoms with Crippen molar-refractivity contribution in [3.05, 3.63) is 48.5 Å². The molecule has 2 unspecified atom stereocenters. The summed E-state index contributed by atoms with van der Waals surface area (Å²) in [6.07, 6.45) is 1.57. The number of carbonyl (C=O) groups excluding carboxylic acids is 1. The molecular formula is C22H25NO3S. The predicted octanol–water partition coefficient (Wildman–Crippen LogP) is 4.64. The third kappa shape index (κ3) is 4.66. The zero-order valence-corrected chi connectivity index (χ0v) is 16.4. The second kappa shape index (κ2) is 8.36. The Kier molecular flexibility index (Phi) is 5.69. The maximum atomic E-state index is 10.7. The molecule has 0 aliphatic carbocycles. The minimum atomic E-state index is -0.113. The van der Waals surface area contributed by atoms with Gasteiger partial charge in [0.25, 0.3) is 0 Å². The van der Waals surface area contributed by atoms with Crippen LogP contribution in [0.1, 0.15) is 19.8 Å². The number of aromatic nitrogens is 1. The van der Waals surface area contributed by atoms with Gasteiger partial charge in [0.1, 0.15) is 12.7 Å². The molecule has 0 spiro atoms. The van der Waals surface area contributed by atoms with E-state index in [1.807, 2.05) is 6.92 Å². The van der Waals surface area contributed by atoms with Crippen LogP contribution in [0.4, 0.5) is 0 Å². The number of esters is 1. The largest absolute Gasteiger partial charge is 0.463 e. The molecule has 0 saturated carbocycles. The molecule has 2 fully saturated rings. The summed E-state index contributed by atoms with van der Waals surface area (Å²) in [5.74, 6) is 1.21. The van der Waals surface area contributed by atoms with Crippen LogP contribution in [0.3, 0.4) is 0 Å². The SMILES string of the molecule is CCCC(=O)OCC1CO1.c1ccc2c(c1)c1ccccc1n2CC1CS1. The van der Waals surface area contributed by atoms with E-state index in [0.29, 0.717) is 13.0 Å². The third-order valence-electron chi connectivity index (χ3n) is 4.76. The third-order valence-corrected chi connectivity index (χ3v) is 5.71. The van der Waals surface area contributed by atoms with E-state index in [2.05, 4.69) is 64.9 Å². The Bertz CT molecular complexity index is 874. The van der Waals surface area contributed by atoms with Crippen LogP contribution in [0, 0.1) is 0 Å². The summed E-state index contributed by atoms with van der Waals surface area (Å²) in [4.78, 5) is 10.7. The second-order valence-electron chi connectivity index (χ2n) is 6.99. The number of hydrogen-bond donors (Lipinski definition) is 0. The molecule has 142 valence electrons. The number of ether oxygens (including phenoxy) is 2. The van der Waals surface area contributed by atoms with Crippen molar-refractivity contribution in [1.29, 1.82) is 0 Å². The topological polar surface area (TPSA) is 43.8 Å². The zero-order valence-electron chi connectivity index (χ0n) is 15.6. The van der Waals surface area contributed by atoms with Crippen LogP contribution in [0.15, 0.2) is 48.5 Å². The fourth-order valence-corrected chi connectivity index (χ4v) is 3.70. The molecule has 3 aromatic rings. The first-order chi connectivity index (χ1) is 13.3. The number of nitrogens with zero attached hydrogens (tertiary/aromatic N) is 1. The monoisotopic (exact) mass is 383 g/mol. The summed E-state index contributed by atoms with van der Waals surface area (Å²) < 4.78 is 12.2. The summed E-state index contributed by atoms with van der Waals surface area (Å²) in [6.45, 7) is 4.30. The average molecular weight is 384 g/mol. The van der Waals surface area contributed by atoms with Crippen molar-refractivity contribution in [3.8, 4) is 0 Å². The van der Waals surface area contributed by atoms with E-state index < -0.39 is 0 Å². The Labute approximate surface area is 163 Å². The van der Waals surface area contributed by atoms with Crippen molar-refractivity contribution >= 4 is 39.5 Å². The lowest BCUT2D eigenvalue weighted by molar-refractivity contribution is -0.144. The van der Waals surface area contributed by atoms with Crippen molar-refractivity contribution in [3.63, 3.8) is 0 Å². The molecular weight excluding hydrogens is 358 g/mol. The summed E-state index contributed by atoms with van der Waals surface area (Å²) >= 11 is 2.06. The lowest BCUT2D eigenvalue weighted by Gasteiger charge is -2.04. The van der Waals surface area contributed by atoms with Crippen LogP contribution in [0.25, 0.3) is 21.8 Å². The van der Waals surface area contributed by atoms with Crippen LogP contribution in [0.2, 0.25) is 0 Å². The van der Waals surface area contributed by atoms with Crippen LogP contribution < -0.4 is 0 Å². The van der Waals surface area contributed by atoms with Crippen molar-refractivity contribution in [2.75, 3.05) is 19.0 Å². The molecule has 5 heteroatoms. The van der Waals surface area contributed by atoms with Gasteiger partial charge in [0.15, 0.2) is 0 Å². The normalized spacial score (nSPS) is 20.2. The van der Waals surface area contributed by atoms with Gasteiger partial charge in [-0.1, -0.05) is 43.3 Å². The first kappa shape index (κ1) is 18.4. The van der Waals surface area contributed by atoms with Crippen molar-refractivity contribution in [2.45, 2.75) is 37.7 Å². The first-order valence-electron chi connectivity index (χ1n) is 9.61. The van der Waals surface area contributed by atoms with Gasteiger partial charge in [0, 0.05) is 45.8 Å². The van der Waals surface area contributed by atoms with Gasteiger partial charge in [-0.25, -0.2) is 0 Å². The Hall–Kier alpha value is -1.98. The fraction of sp³-hybridized carbons (Fsp3) is 0.409. The van der Waals surface area contributed by atoms with Gasteiger partial charge in [-0.2, -0.15) is 11.8 Å². The molecule has 5 rings (SSSR count). The number of rotatable bonds is 6. The fourth-order valence-electron chi connectivity index (χ4n) is 3.20. The van der Waals surface area contributed by atoms with E-state index in [0.717, 1.165) is 24.8 Å². The van der Waals surface area contributed by atoms with Gasteiger partial charge in [0.05, 0.1) is 6.61 Å². The van der Waals surface area contributed by atoms with Crippen molar-refractivity contribution in [2.24, 2.45) is 0 Å². The number of benzene rings is 2. The van der Waals surface area contributed by atoms with Crippen LogP contribution in [-0.2, 0) is 20.8 Å². The molecule has 0 radical (unpaired) electrons. The highest BCUT2D eigenvalue weighted by atomic mass is 32.2. The zero-order chi connectivity index (χ0) is 18.6. The summed E-state index contributed by atoms with van der Waals surface area (Å²) in [7, 11) is 0. The van der Waals surface area contributed by atoms with Crippen LogP contribution in [0.5, 0.6) is 0 Å². The lowest BCUT2D eigenvalue weighted by Crippen LogP contribution is -2.08. The van der Waals surface area contributed by atoms with Crippen molar-refractivity contribution in [1.82, 2.24) is 4.57 Å². The molecule has 2 aliphatic rings. The number of para-hydroxylation sites is 2. The van der Waals surface area contributed by atoms with E-state index in [1.165, 1.54) is 27.6 Å². The van der Waals surface area contributed by atoms with Gasteiger partial charge in [-0.05, 0) is 18.6 Å². The predicted molar refractivity (Wildman–Crippen MR) is 111 cm³/mol. The molecule has 2 aliphatic heterocycles. The van der Waals surface area contributed by atoms with E-state index in [9.17, 15) is 4.79 Å². The number of fused-ring (bicyclic) bond motifs is 3. The van der Waals surface area contributed by atoms with E-state index in [-0.39, 0.29) is 12.1 Å². The Morgan fingerprint density at radius 1 is 1.15 bits per heavy atom. The molecule has 2 saturated heterocycles. The summed E-state index contributed by atoms with van der Waals surface area (Å²) in [5.41, 5.74) is 2.75. The van der Waals surface area contributed by atoms with Gasteiger partial charge in [-0.3, -0.25) is 4.79 Å². The molecule has 0 amide bonds. The molecule has 0 bridgehead atoms. The molecule has 0 N–H and O–H groups in total. The maximum Gasteiger partial charge on any atom is 0.305 e. The molecule has 1 aromatic heterocycles. The van der Waals surface area contributed by atoms with E-state index in [1.54, 1.807) is 0 Å². The summed E-state index contributed by atoms with van der Waals surface area (Å²) in [6, 6.07) is 17.5. The molecule has 4 nitrogen and oxygen atoms in total. The minimum absolute atomic E-state index is 0.113. The van der Waals surface area contributed by atoms with Gasteiger partial charge >= 0.3 is 5.97 Å². The number of epoxide rings is 1. The highest BCUT2D eigenvalue weighted by Crippen LogP contribution is 2.35. The number of thioether (sulfide) groups is 1. The highest BCUT2D eigenvalue weighted by molar-refractivity contribution is 8.06. The van der Waals surface area contributed by atoms with E-state index >= 15 is 0 Å². The van der Waals surface area contributed by atoms with Crippen molar-refractivity contribution < 1.29 is 14.3 Å². The van der Waals surface area contributed by atoms with E-state index in [4.69, 9.17) is 9.47 Å². The Balaban J connectivity index is 0.000000155. The highest BCUT2D eigenvalue weighted by Gasteiger charge is 2.24. The molecule has 27 heavy (non-hydrogen) atoms. The lowest BCUT2D eigenvalue weighted by atomic mass is 10.2. The summed E-state index contributed by atoms with van der Waals surface area (Å²) in [5, 5.41) is 3.59. The molecule has 2 aromatic carbocycles. The van der Waals surface area contributed by atoms with Crippen LogP contribution in [-0.4, -0.2) is 40.9 Å². The Morgan fingerprint density at radius 3 is 2.26 bits per heavy atom. The quantitative estimate of drug-likeness (QED) is 0.459. The number of carbonyl (C=O) groups is 1. The molecule has 3 heterocycles. The first-order valence-corrected chi connectivity index (χ1v) is 10.7.